The number of anilines is 1. The molecule has 2 saturated heterocycles. The number of halogens is 2. The number of methoxy groups -OCH3 is 2. The van der Waals surface area contributed by atoms with Crippen LogP contribution in [0.1, 0.15) is 34.7 Å². The Morgan fingerprint density at radius 1 is 0.977 bits per heavy atom. The Bertz CT molecular complexity index is 1650. The SMILES string of the molecule is COc1cc(C2C3=CCC4C(=O)N(c5cccc(C(=O)O)c5)C(=O)C4C3CC3(Cl)C(=O)N(C)C(=O)C23Cl)cc(OC)c1O. The number of aromatic hydroxyl groups is 1. The maximum absolute atomic E-state index is 14.1. The smallest absolute Gasteiger partial charge is 0.335 e. The van der Waals surface area contributed by atoms with E-state index in [1.807, 2.05) is 0 Å². The Balaban J connectivity index is 1.53. The van der Waals surface area contributed by atoms with Gasteiger partial charge in [-0.15, -0.1) is 23.2 Å². The number of nitrogens with zero attached hydrogens (tertiary/aromatic N) is 2. The maximum atomic E-state index is 14.1. The van der Waals surface area contributed by atoms with Gasteiger partial charge in [0.25, 0.3) is 11.8 Å². The van der Waals surface area contributed by atoms with Gasteiger partial charge >= 0.3 is 5.97 Å². The van der Waals surface area contributed by atoms with Crippen LogP contribution in [0.4, 0.5) is 5.69 Å². The number of fused-ring (bicyclic) bond motifs is 4. The Kier molecular flexibility index (Phi) is 6.55. The summed E-state index contributed by atoms with van der Waals surface area (Å²) in [6, 6.07) is 8.48. The van der Waals surface area contributed by atoms with Crippen LogP contribution in [0.3, 0.4) is 0 Å². The van der Waals surface area contributed by atoms with Gasteiger partial charge in [-0.05, 0) is 54.7 Å². The number of ether oxygens (including phenoxy) is 2. The highest BCUT2D eigenvalue weighted by Gasteiger charge is 2.76. The van der Waals surface area contributed by atoms with E-state index >= 15 is 0 Å². The Labute approximate surface area is 255 Å². The number of amides is 4. The lowest BCUT2D eigenvalue weighted by molar-refractivity contribution is -0.138. The number of rotatable bonds is 5. The van der Waals surface area contributed by atoms with E-state index in [2.05, 4.69) is 0 Å². The molecule has 0 bridgehead atoms. The van der Waals surface area contributed by atoms with Gasteiger partial charge in [-0.2, -0.15) is 0 Å². The fourth-order valence-electron chi connectivity index (χ4n) is 7.23. The molecule has 4 amide bonds. The average molecular weight is 629 g/mol. The lowest BCUT2D eigenvalue weighted by Gasteiger charge is -2.50. The monoisotopic (exact) mass is 628 g/mol. The van der Waals surface area contributed by atoms with Gasteiger partial charge in [0.05, 0.1) is 37.3 Å². The average Bonchev–Trinajstić information content (AvgIpc) is 3.32. The van der Waals surface area contributed by atoms with Crippen molar-refractivity contribution >= 4 is 58.5 Å². The lowest BCUT2D eigenvalue weighted by Crippen LogP contribution is -2.60. The van der Waals surface area contributed by atoms with Crippen LogP contribution in [-0.2, 0) is 19.2 Å². The summed E-state index contributed by atoms with van der Waals surface area (Å²) in [6.07, 6.45) is 1.69. The van der Waals surface area contributed by atoms with E-state index < -0.39 is 63.0 Å². The van der Waals surface area contributed by atoms with E-state index in [1.165, 1.54) is 57.7 Å². The van der Waals surface area contributed by atoms with Crippen molar-refractivity contribution in [1.29, 1.82) is 0 Å². The number of carbonyl (C=O) groups is 5. The first kappa shape index (κ1) is 29.0. The van der Waals surface area contributed by atoms with Gasteiger partial charge in [0.1, 0.15) is 0 Å². The largest absolute Gasteiger partial charge is 0.502 e. The van der Waals surface area contributed by atoms with E-state index in [-0.39, 0.29) is 41.3 Å². The zero-order valence-corrected chi connectivity index (χ0v) is 24.7. The number of likely N-dealkylation sites (tertiary alicyclic amines) is 1. The quantitative estimate of drug-likeness (QED) is 0.289. The first-order valence-corrected chi connectivity index (χ1v) is 14.1. The van der Waals surface area contributed by atoms with Crippen LogP contribution >= 0.6 is 23.2 Å². The van der Waals surface area contributed by atoms with Gasteiger partial charge in [-0.25, -0.2) is 4.79 Å². The van der Waals surface area contributed by atoms with E-state index in [9.17, 15) is 34.2 Å². The molecule has 43 heavy (non-hydrogen) atoms. The first-order valence-electron chi connectivity index (χ1n) is 13.4. The second-order valence-corrected chi connectivity index (χ2v) is 12.4. The molecule has 2 heterocycles. The molecule has 3 fully saturated rings. The van der Waals surface area contributed by atoms with Crippen molar-refractivity contribution in [3.8, 4) is 17.2 Å². The predicted molar refractivity (Wildman–Crippen MR) is 153 cm³/mol. The number of hydrogen-bond acceptors (Lipinski definition) is 8. The molecule has 6 rings (SSSR count). The number of alkyl halides is 2. The molecule has 6 atom stereocenters. The Hall–Kier alpha value is -4.09. The van der Waals surface area contributed by atoms with Crippen LogP contribution in [0.25, 0.3) is 0 Å². The van der Waals surface area contributed by atoms with Crippen molar-refractivity contribution in [1.82, 2.24) is 4.90 Å². The Morgan fingerprint density at radius 3 is 2.23 bits per heavy atom. The number of carboxylic acids is 1. The van der Waals surface area contributed by atoms with Gasteiger partial charge < -0.3 is 19.7 Å². The minimum absolute atomic E-state index is 0.0212. The number of benzene rings is 2. The van der Waals surface area contributed by atoms with Crippen LogP contribution in [0.2, 0.25) is 0 Å². The number of phenolic OH excluding ortho intramolecular Hbond substituents is 1. The van der Waals surface area contributed by atoms with Gasteiger partial charge in [-0.1, -0.05) is 17.7 Å². The molecule has 2 aliphatic heterocycles. The normalized spacial score (nSPS) is 31.4. The summed E-state index contributed by atoms with van der Waals surface area (Å²) in [5.41, 5.74) is 0.913. The van der Waals surface area contributed by atoms with Crippen molar-refractivity contribution in [2.45, 2.75) is 28.5 Å². The number of phenols is 1. The minimum atomic E-state index is -2.02. The molecule has 0 radical (unpaired) electrons. The van der Waals surface area contributed by atoms with Crippen LogP contribution < -0.4 is 14.4 Å². The fourth-order valence-corrected chi connectivity index (χ4v) is 8.25. The second kappa shape index (κ2) is 9.72. The van der Waals surface area contributed by atoms with Crippen molar-refractivity contribution in [3.05, 3.63) is 59.2 Å². The molecular formula is C30H26Cl2N2O9. The van der Waals surface area contributed by atoms with Crippen molar-refractivity contribution in [3.63, 3.8) is 0 Å². The van der Waals surface area contributed by atoms with Gasteiger partial charge in [-0.3, -0.25) is 29.0 Å². The molecular weight excluding hydrogens is 603 g/mol. The summed E-state index contributed by atoms with van der Waals surface area (Å²) in [6.45, 7) is 0. The summed E-state index contributed by atoms with van der Waals surface area (Å²) in [7, 11) is 3.96. The number of carboxylic acid groups (broad SMARTS) is 1. The molecule has 0 aromatic heterocycles. The molecule has 1 saturated carbocycles. The standard InChI is InChI=1S/C30H26Cl2N2O9/c1-33-27(40)29(31)12-18-16(22(30(29,32)28(33)41)14-10-19(42-2)23(35)20(11-14)43-3)7-8-17-21(18)25(37)34(24(17)36)15-6-4-5-13(9-15)26(38)39/h4-7,9-11,17-18,21-22,35H,8,12H2,1-3H3,(H,38,39). The molecule has 2 aromatic carbocycles. The van der Waals surface area contributed by atoms with Crippen molar-refractivity contribution in [2.24, 2.45) is 17.8 Å². The zero-order chi connectivity index (χ0) is 31.2. The topological polar surface area (TPSA) is 151 Å². The van der Waals surface area contributed by atoms with Crippen LogP contribution in [0.5, 0.6) is 17.2 Å². The molecule has 2 N–H and O–H groups in total. The zero-order valence-electron chi connectivity index (χ0n) is 23.2. The van der Waals surface area contributed by atoms with E-state index in [0.717, 1.165) is 9.80 Å². The van der Waals surface area contributed by atoms with Crippen LogP contribution in [0, 0.1) is 17.8 Å². The van der Waals surface area contributed by atoms with Gasteiger partial charge in [0.2, 0.25) is 17.6 Å². The number of hydrogen-bond donors (Lipinski definition) is 2. The van der Waals surface area contributed by atoms with Gasteiger partial charge in [0, 0.05) is 13.0 Å². The van der Waals surface area contributed by atoms with E-state index in [4.69, 9.17) is 32.7 Å². The summed E-state index contributed by atoms with van der Waals surface area (Å²) in [5, 5.41) is 20.0. The lowest BCUT2D eigenvalue weighted by atomic mass is 9.56. The van der Waals surface area contributed by atoms with E-state index in [0.29, 0.717) is 11.1 Å². The van der Waals surface area contributed by atoms with Crippen molar-refractivity contribution in [2.75, 3.05) is 26.2 Å². The third kappa shape index (κ3) is 3.70. The third-order valence-electron chi connectivity index (χ3n) is 9.20. The third-order valence-corrected chi connectivity index (χ3v) is 10.6. The molecule has 4 aliphatic rings. The predicted octanol–water partition coefficient (Wildman–Crippen LogP) is 3.30. The number of aromatic carboxylic acids is 1. The summed E-state index contributed by atoms with van der Waals surface area (Å²) in [5.74, 6) is -7.64. The minimum Gasteiger partial charge on any atom is -0.502 e. The molecule has 6 unspecified atom stereocenters. The highest BCUT2D eigenvalue weighted by Crippen LogP contribution is 2.66. The molecule has 224 valence electrons. The summed E-state index contributed by atoms with van der Waals surface area (Å²) in [4.78, 5) is 64.6. The Morgan fingerprint density at radius 2 is 1.63 bits per heavy atom. The van der Waals surface area contributed by atoms with Crippen molar-refractivity contribution < 1.29 is 43.7 Å². The highest BCUT2D eigenvalue weighted by atomic mass is 35.5. The molecule has 2 aliphatic carbocycles. The maximum Gasteiger partial charge on any atom is 0.335 e. The first-order chi connectivity index (χ1) is 20.3. The molecule has 2 aromatic rings. The second-order valence-electron chi connectivity index (χ2n) is 11.1. The van der Waals surface area contributed by atoms with E-state index in [1.54, 1.807) is 6.08 Å². The van der Waals surface area contributed by atoms with Gasteiger partial charge in [0.15, 0.2) is 21.2 Å². The van der Waals surface area contributed by atoms with Crippen LogP contribution in [-0.4, -0.2) is 75.7 Å². The number of carbonyl (C=O) groups excluding carboxylic acids is 4. The highest BCUT2D eigenvalue weighted by molar-refractivity contribution is 6.53. The molecule has 0 spiro atoms. The fraction of sp³-hybridized carbons (Fsp3) is 0.367. The summed E-state index contributed by atoms with van der Waals surface area (Å²) < 4.78 is 10.7. The summed E-state index contributed by atoms with van der Waals surface area (Å²) >= 11 is 14.4. The van der Waals surface area contributed by atoms with Crippen LogP contribution in [0.15, 0.2) is 48.0 Å². The number of imide groups is 2. The number of allylic oxidation sites excluding steroid dienone is 2. The molecule has 13 heteroatoms. The molecule has 11 nitrogen and oxygen atoms in total.